The third kappa shape index (κ3) is 3.30. The van der Waals surface area contributed by atoms with Crippen LogP contribution in [0.2, 0.25) is 0 Å². The molecule has 0 amide bonds. The summed E-state index contributed by atoms with van der Waals surface area (Å²) in [5, 5.41) is 10.0. The summed E-state index contributed by atoms with van der Waals surface area (Å²) < 4.78 is 2.28. The van der Waals surface area contributed by atoms with Gasteiger partial charge >= 0.3 is 0 Å². The quantitative estimate of drug-likeness (QED) is 0.881. The number of hydrogen-bond donors (Lipinski definition) is 1. The number of rotatable bonds is 4. The van der Waals surface area contributed by atoms with Crippen LogP contribution in [0, 0.1) is 0 Å². The van der Waals surface area contributed by atoms with Gasteiger partial charge in [0.25, 0.3) is 0 Å². The van der Waals surface area contributed by atoms with Gasteiger partial charge in [-0.3, -0.25) is 0 Å². The van der Waals surface area contributed by atoms with Gasteiger partial charge in [0.15, 0.2) is 5.16 Å². The molecule has 0 aliphatic carbocycles. The van der Waals surface area contributed by atoms with Gasteiger partial charge < -0.3 is 10.3 Å². The first-order valence-electron chi connectivity index (χ1n) is 7.65. The predicted octanol–water partition coefficient (Wildman–Crippen LogP) is 3.19. The lowest BCUT2D eigenvalue weighted by atomic mass is 10.1. The molecule has 0 saturated carbocycles. The molecule has 2 unspecified atom stereocenters. The fraction of sp³-hybridized carbons (Fsp3) is 0.500. The minimum atomic E-state index is 0.00919. The van der Waals surface area contributed by atoms with Crippen LogP contribution in [0.3, 0.4) is 0 Å². The summed E-state index contributed by atoms with van der Waals surface area (Å²) in [5.41, 5.74) is 7.56. The molecule has 1 aromatic heterocycles. The van der Waals surface area contributed by atoms with Crippen LogP contribution in [0.4, 0.5) is 0 Å². The van der Waals surface area contributed by atoms with Crippen molar-refractivity contribution in [2.24, 2.45) is 5.73 Å². The van der Waals surface area contributed by atoms with Crippen LogP contribution in [0.1, 0.15) is 43.6 Å². The van der Waals surface area contributed by atoms with E-state index in [9.17, 15) is 0 Å². The van der Waals surface area contributed by atoms with E-state index in [1.54, 1.807) is 11.8 Å². The Hall–Kier alpha value is -1.33. The zero-order valence-corrected chi connectivity index (χ0v) is 13.2. The Kier molecular flexibility index (Phi) is 4.60. The molecule has 21 heavy (non-hydrogen) atoms. The number of benzene rings is 1. The van der Waals surface area contributed by atoms with E-state index in [1.165, 1.54) is 24.8 Å². The summed E-state index contributed by atoms with van der Waals surface area (Å²) in [5.74, 6) is 1.13. The van der Waals surface area contributed by atoms with E-state index in [4.69, 9.17) is 5.73 Å². The summed E-state index contributed by atoms with van der Waals surface area (Å²) in [6, 6.07) is 10.3. The van der Waals surface area contributed by atoms with Crippen molar-refractivity contribution in [3.05, 3.63) is 41.7 Å². The number of thioether (sulfide) groups is 1. The summed E-state index contributed by atoms with van der Waals surface area (Å²) in [4.78, 5) is 0. The first-order valence-corrected chi connectivity index (χ1v) is 8.53. The number of aryl methyl sites for hydroxylation is 1. The van der Waals surface area contributed by atoms with Crippen LogP contribution < -0.4 is 5.73 Å². The van der Waals surface area contributed by atoms with Gasteiger partial charge in [-0.05, 0) is 18.4 Å². The Morgan fingerprint density at radius 2 is 1.95 bits per heavy atom. The number of nitrogens with zero attached hydrogens (tertiary/aromatic N) is 3. The highest BCUT2D eigenvalue weighted by Crippen LogP contribution is 2.31. The van der Waals surface area contributed by atoms with Crippen LogP contribution in [0.5, 0.6) is 0 Å². The molecule has 2 N–H and O–H groups in total. The lowest BCUT2D eigenvalue weighted by Gasteiger charge is -2.19. The van der Waals surface area contributed by atoms with Gasteiger partial charge in [0.05, 0.1) is 0 Å². The van der Waals surface area contributed by atoms with Crippen LogP contribution in [-0.2, 0) is 13.0 Å². The van der Waals surface area contributed by atoms with Crippen molar-refractivity contribution >= 4 is 11.8 Å². The molecule has 0 spiro atoms. The SMILES string of the molecule is CC(Sc1nnc2n1CCCCC2)C(N)c1ccccc1. The van der Waals surface area contributed by atoms with E-state index >= 15 is 0 Å². The molecule has 0 bridgehead atoms. The fourth-order valence-electron chi connectivity index (χ4n) is 2.73. The highest BCUT2D eigenvalue weighted by Gasteiger charge is 2.21. The van der Waals surface area contributed by atoms with Gasteiger partial charge in [0.1, 0.15) is 5.82 Å². The van der Waals surface area contributed by atoms with Gasteiger partial charge in [-0.25, -0.2) is 0 Å². The van der Waals surface area contributed by atoms with Crippen molar-refractivity contribution in [1.29, 1.82) is 0 Å². The monoisotopic (exact) mass is 302 g/mol. The van der Waals surface area contributed by atoms with Gasteiger partial charge in [-0.15, -0.1) is 10.2 Å². The molecule has 5 heteroatoms. The number of hydrogen-bond acceptors (Lipinski definition) is 4. The fourth-order valence-corrected chi connectivity index (χ4v) is 3.78. The molecule has 1 aliphatic heterocycles. The topological polar surface area (TPSA) is 56.7 Å². The van der Waals surface area contributed by atoms with E-state index in [1.807, 2.05) is 18.2 Å². The normalized spacial score (nSPS) is 17.8. The van der Waals surface area contributed by atoms with E-state index in [0.717, 1.165) is 23.9 Å². The van der Waals surface area contributed by atoms with Crippen LogP contribution in [0.15, 0.2) is 35.5 Å². The van der Waals surface area contributed by atoms with E-state index < -0.39 is 0 Å². The molecule has 2 aromatic rings. The molecular weight excluding hydrogens is 280 g/mol. The standard InChI is InChI=1S/C16H22N4S/c1-12(15(17)13-8-4-2-5-9-13)21-16-19-18-14-10-6-3-7-11-20(14)16/h2,4-5,8-9,12,15H,3,6-7,10-11,17H2,1H3. The number of fused-ring (bicyclic) bond motifs is 1. The highest BCUT2D eigenvalue weighted by atomic mass is 32.2. The predicted molar refractivity (Wildman–Crippen MR) is 86.3 cm³/mol. The van der Waals surface area contributed by atoms with Crippen molar-refractivity contribution < 1.29 is 0 Å². The molecule has 112 valence electrons. The maximum absolute atomic E-state index is 6.38. The third-order valence-corrected chi connectivity index (χ3v) is 5.23. The van der Waals surface area contributed by atoms with Crippen LogP contribution in [-0.4, -0.2) is 20.0 Å². The average molecular weight is 302 g/mol. The van der Waals surface area contributed by atoms with Crippen molar-refractivity contribution in [3.63, 3.8) is 0 Å². The summed E-state index contributed by atoms with van der Waals surface area (Å²) in [7, 11) is 0. The Labute approximate surface area is 130 Å². The minimum absolute atomic E-state index is 0.00919. The molecule has 2 heterocycles. The Bertz CT molecular complexity index is 581. The average Bonchev–Trinajstić information content (AvgIpc) is 2.75. The maximum Gasteiger partial charge on any atom is 0.191 e. The maximum atomic E-state index is 6.38. The van der Waals surface area contributed by atoms with Gasteiger partial charge in [0, 0.05) is 24.3 Å². The van der Waals surface area contributed by atoms with Gasteiger partial charge in [-0.1, -0.05) is 55.4 Å². The lowest BCUT2D eigenvalue weighted by molar-refractivity contribution is 0.588. The highest BCUT2D eigenvalue weighted by molar-refractivity contribution is 7.99. The molecule has 4 nitrogen and oxygen atoms in total. The second kappa shape index (κ2) is 6.62. The van der Waals surface area contributed by atoms with Gasteiger partial charge in [-0.2, -0.15) is 0 Å². The first kappa shape index (κ1) is 14.6. The second-order valence-corrected chi connectivity index (χ2v) is 6.96. The second-order valence-electron chi connectivity index (χ2n) is 5.62. The molecule has 1 aliphatic rings. The Morgan fingerprint density at radius 1 is 1.14 bits per heavy atom. The van der Waals surface area contributed by atoms with E-state index in [-0.39, 0.29) is 11.3 Å². The largest absolute Gasteiger partial charge is 0.323 e. The van der Waals surface area contributed by atoms with Crippen molar-refractivity contribution in [2.45, 2.75) is 55.6 Å². The van der Waals surface area contributed by atoms with Crippen molar-refractivity contribution in [2.75, 3.05) is 0 Å². The smallest absolute Gasteiger partial charge is 0.191 e. The summed E-state index contributed by atoms with van der Waals surface area (Å²) in [6.45, 7) is 3.21. The van der Waals surface area contributed by atoms with E-state index in [2.05, 4.69) is 33.8 Å². The van der Waals surface area contributed by atoms with Crippen LogP contribution in [0.25, 0.3) is 0 Å². The lowest BCUT2D eigenvalue weighted by Crippen LogP contribution is -2.21. The van der Waals surface area contributed by atoms with Crippen LogP contribution >= 0.6 is 11.8 Å². The number of aromatic nitrogens is 3. The summed E-state index contributed by atoms with van der Waals surface area (Å²) in [6.07, 6.45) is 4.78. The first-order chi connectivity index (χ1) is 10.3. The molecule has 2 atom stereocenters. The molecular formula is C16H22N4S. The molecule has 1 aromatic carbocycles. The zero-order chi connectivity index (χ0) is 14.7. The molecule has 0 fully saturated rings. The van der Waals surface area contributed by atoms with E-state index in [0.29, 0.717) is 0 Å². The summed E-state index contributed by atoms with van der Waals surface area (Å²) >= 11 is 1.74. The Morgan fingerprint density at radius 3 is 2.76 bits per heavy atom. The Balaban J connectivity index is 1.73. The molecule has 0 radical (unpaired) electrons. The minimum Gasteiger partial charge on any atom is -0.323 e. The zero-order valence-electron chi connectivity index (χ0n) is 12.4. The number of nitrogens with two attached hydrogens (primary N) is 1. The molecule has 0 saturated heterocycles. The molecule has 3 rings (SSSR count). The van der Waals surface area contributed by atoms with Crippen molar-refractivity contribution in [3.8, 4) is 0 Å². The van der Waals surface area contributed by atoms with Gasteiger partial charge in [0.2, 0.25) is 0 Å². The van der Waals surface area contributed by atoms with Crippen molar-refractivity contribution in [1.82, 2.24) is 14.8 Å². The third-order valence-electron chi connectivity index (χ3n) is 4.06.